The van der Waals surface area contributed by atoms with Crippen molar-refractivity contribution in [3.63, 3.8) is 0 Å². The van der Waals surface area contributed by atoms with Gasteiger partial charge in [0.25, 0.3) is 0 Å². The first kappa shape index (κ1) is 19.6. The van der Waals surface area contributed by atoms with E-state index in [9.17, 15) is 22.4 Å². The van der Waals surface area contributed by atoms with E-state index >= 15 is 0 Å². The van der Waals surface area contributed by atoms with Crippen LogP contribution in [-0.2, 0) is 11.0 Å². The smallest absolute Gasteiger partial charge is 0.303 e. The third kappa shape index (κ3) is 5.03. The van der Waals surface area contributed by atoms with E-state index in [1.165, 1.54) is 0 Å². The van der Waals surface area contributed by atoms with Crippen LogP contribution in [0.3, 0.4) is 0 Å². The molecular weight excluding hydrogens is 310 g/mol. The Morgan fingerprint density at radius 1 is 1.17 bits per heavy atom. The van der Waals surface area contributed by atoms with Crippen molar-refractivity contribution in [3.05, 3.63) is 35.1 Å². The van der Waals surface area contributed by atoms with E-state index in [0.717, 1.165) is 12.1 Å². The number of hydrogen-bond donors (Lipinski definition) is 0. The second-order valence-electron chi connectivity index (χ2n) is 6.38. The van der Waals surface area contributed by atoms with Crippen LogP contribution < -0.4 is 0 Å². The molecule has 0 heterocycles. The van der Waals surface area contributed by atoms with Gasteiger partial charge in [-0.25, -0.2) is 4.39 Å². The zero-order chi connectivity index (χ0) is 17.9. The van der Waals surface area contributed by atoms with E-state index in [0.29, 0.717) is 6.07 Å². The number of hydrogen-bond acceptors (Lipinski definition) is 2. The number of Topliss-reactive ketones (excluding diaryl/α,β-unsaturated/α-hetero) is 1. The summed E-state index contributed by atoms with van der Waals surface area (Å²) in [5, 5.41) is 0. The third-order valence-electron chi connectivity index (χ3n) is 3.97. The zero-order valence-electron chi connectivity index (χ0n) is 14.0. The summed E-state index contributed by atoms with van der Waals surface area (Å²) in [6.45, 7) is 7.52. The summed E-state index contributed by atoms with van der Waals surface area (Å²) >= 11 is 0. The van der Waals surface area contributed by atoms with Gasteiger partial charge in [-0.1, -0.05) is 19.9 Å². The van der Waals surface area contributed by atoms with Crippen LogP contribution in [0.1, 0.15) is 44.7 Å². The molecule has 0 amide bonds. The number of likely N-dealkylation sites (N-methyl/N-ethyl adjacent to an activating group) is 1. The highest BCUT2D eigenvalue weighted by Gasteiger charge is 2.33. The van der Waals surface area contributed by atoms with E-state index in [2.05, 4.69) is 0 Å². The minimum Gasteiger partial charge on any atom is -0.303 e. The highest BCUT2D eigenvalue weighted by atomic mass is 19.4. The molecule has 23 heavy (non-hydrogen) atoms. The Balaban J connectivity index is 3.24. The molecule has 0 aromatic heterocycles. The quantitative estimate of drug-likeness (QED) is 0.715. The minimum atomic E-state index is -4.61. The predicted molar refractivity (Wildman–Crippen MR) is 81.8 cm³/mol. The molecule has 0 aliphatic rings. The second kappa shape index (κ2) is 7.43. The van der Waals surface area contributed by atoms with E-state index in [4.69, 9.17) is 0 Å². The van der Waals surface area contributed by atoms with Crippen LogP contribution >= 0.6 is 0 Å². The number of carbonyl (C=O) groups excluding carboxylic acids is 1. The third-order valence-corrected chi connectivity index (χ3v) is 3.97. The maximum Gasteiger partial charge on any atom is 0.416 e. The van der Waals surface area contributed by atoms with Crippen LogP contribution in [0.25, 0.3) is 0 Å². The Labute approximate surface area is 134 Å². The zero-order valence-corrected chi connectivity index (χ0v) is 14.0. The van der Waals surface area contributed by atoms with Gasteiger partial charge in [0.15, 0.2) is 0 Å². The lowest BCUT2D eigenvalue weighted by Gasteiger charge is -2.28. The minimum absolute atomic E-state index is 0.0178. The molecule has 0 aliphatic carbocycles. The van der Waals surface area contributed by atoms with E-state index in [-0.39, 0.29) is 29.9 Å². The van der Waals surface area contributed by atoms with Crippen molar-refractivity contribution in [3.8, 4) is 0 Å². The number of halogens is 4. The molecule has 1 aromatic rings. The van der Waals surface area contributed by atoms with Gasteiger partial charge in [0.2, 0.25) is 0 Å². The maximum absolute atomic E-state index is 14.2. The Kier molecular flexibility index (Phi) is 6.33. The lowest BCUT2D eigenvalue weighted by Crippen LogP contribution is -2.35. The average molecular weight is 333 g/mol. The molecule has 6 heteroatoms. The van der Waals surface area contributed by atoms with Crippen molar-refractivity contribution in [1.82, 2.24) is 4.90 Å². The fourth-order valence-corrected chi connectivity index (χ4v) is 2.23. The standard InChI is InChI=1S/C17H23F4NO/c1-10(2)16(23)14(9-22(5)11(3)4)13-7-6-12(8-15(13)18)17(19,20)21/h6-8,10-11,14H,9H2,1-5H3. The highest BCUT2D eigenvalue weighted by molar-refractivity contribution is 5.87. The Morgan fingerprint density at radius 2 is 1.74 bits per heavy atom. The van der Waals surface area contributed by atoms with Crippen molar-refractivity contribution in [2.24, 2.45) is 5.92 Å². The van der Waals surface area contributed by atoms with Gasteiger partial charge < -0.3 is 4.90 Å². The van der Waals surface area contributed by atoms with Crippen LogP contribution in [0.4, 0.5) is 17.6 Å². The second-order valence-corrected chi connectivity index (χ2v) is 6.38. The Bertz CT molecular complexity index is 552. The van der Waals surface area contributed by atoms with Gasteiger partial charge in [-0.2, -0.15) is 13.2 Å². The fraction of sp³-hybridized carbons (Fsp3) is 0.588. The first-order valence-corrected chi connectivity index (χ1v) is 7.55. The fourth-order valence-electron chi connectivity index (χ4n) is 2.23. The van der Waals surface area contributed by atoms with Crippen LogP contribution in [0.5, 0.6) is 0 Å². The first-order chi connectivity index (χ1) is 10.4. The Hall–Kier alpha value is -1.43. The summed E-state index contributed by atoms with van der Waals surface area (Å²) in [7, 11) is 1.80. The number of alkyl halides is 3. The summed E-state index contributed by atoms with van der Waals surface area (Å²) < 4.78 is 52.2. The molecule has 0 saturated heterocycles. The lowest BCUT2D eigenvalue weighted by molar-refractivity contribution is -0.137. The van der Waals surface area contributed by atoms with Crippen LogP contribution in [0.15, 0.2) is 18.2 Å². The summed E-state index contributed by atoms with van der Waals surface area (Å²) in [5.74, 6) is -2.29. The molecule has 0 fully saturated rings. The number of ketones is 1. The Morgan fingerprint density at radius 3 is 2.13 bits per heavy atom. The molecule has 1 rings (SSSR count). The first-order valence-electron chi connectivity index (χ1n) is 7.55. The molecular formula is C17H23F4NO. The van der Waals surface area contributed by atoms with E-state index in [1.807, 2.05) is 18.7 Å². The molecule has 0 N–H and O–H groups in total. The number of rotatable bonds is 6. The van der Waals surface area contributed by atoms with Crippen molar-refractivity contribution in [2.75, 3.05) is 13.6 Å². The molecule has 0 radical (unpaired) electrons. The molecule has 1 aromatic carbocycles. The molecule has 1 atom stereocenters. The molecule has 0 bridgehead atoms. The maximum atomic E-state index is 14.2. The topological polar surface area (TPSA) is 20.3 Å². The van der Waals surface area contributed by atoms with Gasteiger partial charge in [-0.15, -0.1) is 0 Å². The summed E-state index contributed by atoms with van der Waals surface area (Å²) in [4.78, 5) is 14.3. The number of benzene rings is 1. The van der Waals surface area contributed by atoms with Crippen molar-refractivity contribution in [2.45, 2.75) is 45.8 Å². The normalized spacial score (nSPS) is 13.9. The summed E-state index contributed by atoms with van der Waals surface area (Å²) in [6, 6.07) is 2.51. The van der Waals surface area contributed by atoms with Gasteiger partial charge in [0.1, 0.15) is 11.6 Å². The monoisotopic (exact) mass is 333 g/mol. The van der Waals surface area contributed by atoms with Crippen LogP contribution in [0.2, 0.25) is 0 Å². The number of carbonyl (C=O) groups is 1. The average Bonchev–Trinajstić information content (AvgIpc) is 2.42. The SMILES string of the molecule is CC(C)C(=O)C(CN(C)C(C)C)c1ccc(C(F)(F)F)cc1F. The lowest BCUT2D eigenvalue weighted by atomic mass is 9.87. The predicted octanol–water partition coefficient (Wildman–Crippen LogP) is 4.49. The van der Waals surface area contributed by atoms with Gasteiger partial charge in [-0.05, 0) is 38.6 Å². The van der Waals surface area contributed by atoms with Crippen molar-refractivity contribution in [1.29, 1.82) is 0 Å². The molecule has 2 nitrogen and oxygen atoms in total. The van der Waals surface area contributed by atoms with E-state index < -0.39 is 23.5 Å². The summed E-state index contributed by atoms with van der Waals surface area (Å²) in [6.07, 6.45) is -4.61. The largest absolute Gasteiger partial charge is 0.416 e. The molecule has 130 valence electrons. The van der Waals surface area contributed by atoms with Gasteiger partial charge >= 0.3 is 6.18 Å². The molecule has 1 unspecified atom stereocenters. The van der Waals surface area contributed by atoms with Gasteiger partial charge in [-0.3, -0.25) is 4.79 Å². The number of nitrogens with zero attached hydrogens (tertiary/aromatic N) is 1. The van der Waals surface area contributed by atoms with Gasteiger partial charge in [0.05, 0.1) is 11.5 Å². The van der Waals surface area contributed by atoms with Crippen molar-refractivity contribution < 1.29 is 22.4 Å². The highest BCUT2D eigenvalue weighted by Crippen LogP contribution is 2.32. The molecule has 0 saturated carbocycles. The van der Waals surface area contributed by atoms with E-state index in [1.54, 1.807) is 20.9 Å². The van der Waals surface area contributed by atoms with Gasteiger partial charge in [0, 0.05) is 18.5 Å². The van der Waals surface area contributed by atoms with Crippen molar-refractivity contribution >= 4 is 5.78 Å². The molecule has 0 aliphatic heterocycles. The molecule has 0 spiro atoms. The summed E-state index contributed by atoms with van der Waals surface area (Å²) in [5.41, 5.74) is -1.03. The van der Waals surface area contributed by atoms with Crippen LogP contribution in [-0.4, -0.2) is 30.3 Å². The van der Waals surface area contributed by atoms with Crippen LogP contribution in [0, 0.1) is 11.7 Å².